The molecule has 148 valence electrons. The van der Waals surface area contributed by atoms with Gasteiger partial charge in [0.25, 0.3) is 5.91 Å². The maximum atomic E-state index is 13.1. The Kier molecular flexibility index (Phi) is 5.01. The fraction of sp³-hybridized carbons (Fsp3) is 0.304. The van der Waals surface area contributed by atoms with Gasteiger partial charge < -0.3 is 5.32 Å². The number of pyridine rings is 2. The number of rotatable bonds is 5. The SMILES string of the molecule is CC(C)c1cc(C(=O)NCc2nccc3ccccc23)c2cnn(C(C)C)c2n1. The van der Waals surface area contributed by atoms with Gasteiger partial charge in [-0.3, -0.25) is 9.78 Å². The Balaban J connectivity index is 1.69. The van der Waals surface area contributed by atoms with Crippen LogP contribution >= 0.6 is 0 Å². The average molecular weight is 387 g/mol. The van der Waals surface area contributed by atoms with Crippen LogP contribution in [0.25, 0.3) is 21.8 Å². The van der Waals surface area contributed by atoms with E-state index in [9.17, 15) is 4.79 Å². The van der Waals surface area contributed by atoms with Crippen LogP contribution in [0.2, 0.25) is 0 Å². The molecule has 0 aliphatic heterocycles. The molecule has 0 radical (unpaired) electrons. The van der Waals surface area contributed by atoms with E-state index in [2.05, 4.69) is 43.1 Å². The first-order valence-corrected chi connectivity index (χ1v) is 9.94. The van der Waals surface area contributed by atoms with Crippen molar-refractivity contribution in [3.63, 3.8) is 0 Å². The lowest BCUT2D eigenvalue weighted by Crippen LogP contribution is -2.24. The van der Waals surface area contributed by atoms with E-state index in [1.54, 1.807) is 12.4 Å². The number of nitrogens with zero attached hydrogens (tertiary/aromatic N) is 4. The molecular formula is C23H25N5O. The van der Waals surface area contributed by atoms with E-state index in [-0.39, 0.29) is 17.9 Å². The molecule has 0 aliphatic carbocycles. The first-order valence-electron chi connectivity index (χ1n) is 9.94. The zero-order valence-electron chi connectivity index (χ0n) is 17.2. The maximum Gasteiger partial charge on any atom is 0.252 e. The molecule has 6 nitrogen and oxygen atoms in total. The second-order valence-electron chi connectivity index (χ2n) is 7.83. The summed E-state index contributed by atoms with van der Waals surface area (Å²) in [4.78, 5) is 22.3. The molecule has 0 saturated carbocycles. The molecule has 0 bridgehead atoms. The highest BCUT2D eigenvalue weighted by Gasteiger charge is 2.19. The first kappa shape index (κ1) is 19.1. The van der Waals surface area contributed by atoms with Crippen molar-refractivity contribution in [1.82, 2.24) is 25.1 Å². The van der Waals surface area contributed by atoms with Crippen molar-refractivity contribution in [2.45, 2.75) is 46.2 Å². The maximum absolute atomic E-state index is 13.1. The topological polar surface area (TPSA) is 72.7 Å². The molecule has 1 amide bonds. The smallest absolute Gasteiger partial charge is 0.252 e. The highest BCUT2D eigenvalue weighted by molar-refractivity contribution is 6.05. The van der Waals surface area contributed by atoms with Crippen LogP contribution in [0.5, 0.6) is 0 Å². The number of fused-ring (bicyclic) bond motifs is 2. The molecule has 1 aromatic carbocycles. The van der Waals surface area contributed by atoms with E-state index in [4.69, 9.17) is 4.98 Å². The van der Waals surface area contributed by atoms with Crippen molar-refractivity contribution in [3.05, 3.63) is 65.7 Å². The summed E-state index contributed by atoms with van der Waals surface area (Å²) in [6, 6.07) is 12.1. The van der Waals surface area contributed by atoms with Crippen molar-refractivity contribution in [3.8, 4) is 0 Å². The molecule has 0 fully saturated rings. The van der Waals surface area contributed by atoms with Crippen molar-refractivity contribution < 1.29 is 4.79 Å². The second-order valence-corrected chi connectivity index (χ2v) is 7.83. The molecule has 0 spiro atoms. The van der Waals surface area contributed by atoms with E-state index in [0.717, 1.165) is 33.2 Å². The zero-order valence-corrected chi connectivity index (χ0v) is 17.2. The number of hydrogen-bond acceptors (Lipinski definition) is 4. The third kappa shape index (κ3) is 3.58. The summed E-state index contributed by atoms with van der Waals surface area (Å²) in [6.45, 7) is 8.63. The molecule has 0 atom stereocenters. The van der Waals surface area contributed by atoms with Gasteiger partial charge in [-0.1, -0.05) is 38.1 Å². The quantitative estimate of drug-likeness (QED) is 0.543. The van der Waals surface area contributed by atoms with Gasteiger partial charge in [-0.05, 0) is 37.3 Å². The van der Waals surface area contributed by atoms with Gasteiger partial charge in [-0.2, -0.15) is 5.10 Å². The summed E-state index contributed by atoms with van der Waals surface area (Å²) in [5, 5.41) is 10.4. The molecule has 0 unspecified atom stereocenters. The number of hydrogen-bond donors (Lipinski definition) is 1. The number of amides is 1. The van der Waals surface area contributed by atoms with Gasteiger partial charge in [0.1, 0.15) is 0 Å². The van der Waals surface area contributed by atoms with Crippen molar-refractivity contribution >= 4 is 27.7 Å². The summed E-state index contributed by atoms with van der Waals surface area (Å²) in [5.74, 6) is 0.0681. The van der Waals surface area contributed by atoms with Gasteiger partial charge in [0.2, 0.25) is 0 Å². The lowest BCUT2D eigenvalue weighted by atomic mass is 10.0. The molecule has 4 aromatic rings. The highest BCUT2D eigenvalue weighted by Crippen LogP contribution is 2.24. The van der Waals surface area contributed by atoms with Crippen LogP contribution in [0, 0.1) is 0 Å². The fourth-order valence-electron chi connectivity index (χ4n) is 3.48. The summed E-state index contributed by atoms with van der Waals surface area (Å²) < 4.78 is 1.87. The molecule has 6 heteroatoms. The Morgan fingerprint density at radius 2 is 1.90 bits per heavy atom. The van der Waals surface area contributed by atoms with Crippen LogP contribution in [-0.2, 0) is 6.54 Å². The average Bonchev–Trinajstić information content (AvgIpc) is 3.15. The third-order valence-corrected chi connectivity index (χ3v) is 5.08. The number of carbonyl (C=O) groups is 1. The van der Waals surface area contributed by atoms with Gasteiger partial charge in [0, 0.05) is 23.3 Å². The van der Waals surface area contributed by atoms with Crippen LogP contribution in [0.3, 0.4) is 0 Å². The first-order chi connectivity index (χ1) is 14.0. The predicted octanol–water partition coefficient (Wildman–Crippen LogP) is 4.61. The lowest BCUT2D eigenvalue weighted by molar-refractivity contribution is 0.0952. The van der Waals surface area contributed by atoms with Crippen molar-refractivity contribution in [2.24, 2.45) is 0 Å². The summed E-state index contributed by atoms with van der Waals surface area (Å²) in [5.41, 5.74) is 3.09. The predicted molar refractivity (Wildman–Crippen MR) is 115 cm³/mol. The normalized spacial score (nSPS) is 11.7. The Bertz CT molecular complexity index is 1190. The van der Waals surface area contributed by atoms with E-state index < -0.39 is 0 Å². The summed E-state index contributed by atoms with van der Waals surface area (Å²) in [6.07, 6.45) is 3.51. The minimum atomic E-state index is -0.141. The van der Waals surface area contributed by atoms with Gasteiger partial charge in [-0.25, -0.2) is 9.67 Å². The molecule has 4 rings (SSSR count). The highest BCUT2D eigenvalue weighted by atomic mass is 16.1. The Labute approximate surface area is 170 Å². The zero-order chi connectivity index (χ0) is 20.5. The standard InChI is InChI=1S/C23H25N5O/c1-14(2)20-11-18(19-12-26-28(15(3)4)22(19)27-20)23(29)25-13-21-17-8-6-5-7-16(17)9-10-24-21/h5-12,14-15H,13H2,1-4H3,(H,25,29). The van der Waals surface area contributed by atoms with Crippen LogP contribution in [0.4, 0.5) is 0 Å². The van der Waals surface area contributed by atoms with Crippen LogP contribution in [0.15, 0.2) is 48.8 Å². The summed E-state index contributed by atoms with van der Waals surface area (Å²) >= 11 is 0. The third-order valence-electron chi connectivity index (χ3n) is 5.08. The molecule has 0 saturated heterocycles. The molecule has 0 aliphatic rings. The second kappa shape index (κ2) is 7.62. The molecule has 3 heterocycles. The van der Waals surface area contributed by atoms with E-state index in [0.29, 0.717) is 12.1 Å². The Morgan fingerprint density at radius 1 is 1.10 bits per heavy atom. The Morgan fingerprint density at radius 3 is 2.66 bits per heavy atom. The lowest BCUT2D eigenvalue weighted by Gasteiger charge is -2.12. The van der Waals surface area contributed by atoms with E-state index in [1.165, 1.54) is 0 Å². The van der Waals surface area contributed by atoms with Crippen LogP contribution < -0.4 is 5.32 Å². The minimum absolute atomic E-state index is 0.141. The number of nitrogens with one attached hydrogen (secondary N) is 1. The van der Waals surface area contributed by atoms with Crippen LogP contribution in [0.1, 0.15) is 61.4 Å². The molecular weight excluding hydrogens is 362 g/mol. The molecule has 3 aromatic heterocycles. The molecule has 29 heavy (non-hydrogen) atoms. The van der Waals surface area contributed by atoms with Gasteiger partial charge in [-0.15, -0.1) is 0 Å². The molecule has 1 N–H and O–H groups in total. The van der Waals surface area contributed by atoms with E-state index >= 15 is 0 Å². The number of aromatic nitrogens is 4. The van der Waals surface area contributed by atoms with E-state index in [1.807, 2.05) is 41.1 Å². The van der Waals surface area contributed by atoms with Crippen LogP contribution in [-0.4, -0.2) is 25.7 Å². The van der Waals surface area contributed by atoms with Gasteiger partial charge >= 0.3 is 0 Å². The summed E-state index contributed by atoms with van der Waals surface area (Å²) in [7, 11) is 0. The number of carbonyl (C=O) groups excluding carboxylic acids is 1. The number of benzene rings is 1. The monoisotopic (exact) mass is 387 g/mol. The fourth-order valence-corrected chi connectivity index (χ4v) is 3.48. The minimum Gasteiger partial charge on any atom is -0.346 e. The van der Waals surface area contributed by atoms with Crippen molar-refractivity contribution in [2.75, 3.05) is 0 Å². The Hall–Kier alpha value is -3.28. The van der Waals surface area contributed by atoms with Gasteiger partial charge in [0.05, 0.1) is 29.4 Å². The largest absolute Gasteiger partial charge is 0.346 e. The van der Waals surface area contributed by atoms with Gasteiger partial charge in [0.15, 0.2) is 5.65 Å². The van der Waals surface area contributed by atoms with Crippen molar-refractivity contribution in [1.29, 1.82) is 0 Å².